The molecule has 1 aliphatic heterocycles. The summed E-state index contributed by atoms with van der Waals surface area (Å²) in [6.45, 7) is -0.0916. The van der Waals surface area contributed by atoms with Gasteiger partial charge in [-0.25, -0.2) is 8.42 Å². The van der Waals surface area contributed by atoms with Crippen LogP contribution >= 0.6 is 0 Å². The first-order valence-corrected chi connectivity index (χ1v) is 15.3. The lowest BCUT2D eigenvalue weighted by Crippen LogP contribution is -2.61. The molecule has 6 rings (SSSR count). The predicted octanol–water partition coefficient (Wildman–Crippen LogP) is 4.05. The number of nitrogens with one attached hydrogen (secondary N) is 1. The molecule has 1 atom stereocenters. The molecule has 10 heteroatoms. The molecule has 1 aliphatic rings. The number of fused-ring (bicyclic) bond motifs is 1. The number of carbonyl (C=O) groups is 2. The molecule has 0 spiro atoms. The Hall–Kier alpha value is -4.93. The number of amides is 2. The van der Waals surface area contributed by atoms with Crippen LogP contribution in [0.2, 0.25) is 0 Å². The average Bonchev–Trinajstić information content (AvgIpc) is 3.07. The molecule has 0 aliphatic carbocycles. The molecule has 216 valence electrons. The number of nitrogens with zero attached hydrogens (tertiary/aromatic N) is 4. The van der Waals surface area contributed by atoms with Crippen LogP contribution in [0.1, 0.15) is 27.7 Å². The predicted molar refractivity (Wildman–Crippen MR) is 162 cm³/mol. The van der Waals surface area contributed by atoms with E-state index in [0.29, 0.717) is 10.9 Å². The van der Waals surface area contributed by atoms with Crippen LogP contribution in [-0.2, 0) is 14.8 Å². The summed E-state index contributed by atoms with van der Waals surface area (Å²) < 4.78 is 29.5. The van der Waals surface area contributed by atoms with Gasteiger partial charge in [0.25, 0.3) is 5.91 Å². The number of aromatic nitrogens is 2. The van der Waals surface area contributed by atoms with Crippen LogP contribution < -0.4 is 5.32 Å². The van der Waals surface area contributed by atoms with Crippen molar-refractivity contribution in [3.63, 3.8) is 0 Å². The molecule has 1 unspecified atom stereocenters. The zero-order chi connectivity index (χ0) is 29.8. The van der Waals surface area contributed by atoms with Crippen LogP contribution in [0.3, 0.4) is 0 Å². The van der Waals surface area contributed by atoms with Crippen LogP contribution in [0.25, 0.3) is 10.9 Å². The molecule has 9 nitrogen and oxygen atoms in total. The Morgan fingerprint density at radius 1 is 0.767 bits per heavy atom. The van der Waals surface area contributed by atoms with Crippen molar-refractivity contribution in [1.82, 2.24) is 24.5 Å². The van der Waals surface area contributed by atoms with Crippen molar-refractivity contribution in [1.29, 1.82) is 0 Å². The van der Waals surface area contributed by atoms with Crippen molar-refractivity contribution in [3.05, 3.63) is 138 Å². The molecule has 43 heavy (non-hydrogen) atoms. The summed E-state index contributed by atoms with van der Waals surface area (Å²) in [7, 11) is -4.14. The number of rotatable bonds is 7. The van der Waals surface area contributed by atoms with Crippen LogP contribution in [0.4, 0.5) is 0 Å². The first-order valence-electron chi connectivity index (χ1n) is 13.9. The van der Waals surface area contributed by atoms with Gasteiger partial charge in [0.05, 0.1) is 16.5 Å². The van der Waals surface area contributed by atoms with Crippen LogP contribution in [-0.4, -0.2) is 65.1 Å². The van der Waals surface area contributed by atoms with Gasteiger partial charge >= 0.3 is 0 Å². The van der Waals surface area contributed by atoms with E-state index in [9.17, 15) is 18.0 Å². The number of carbonyl (C=O) groups excluding carboxylic acids is 2. The number of hydrogen-bond acceptors (Lipinski definition) is 6. The quantitative estimate of drug-likeness (QED) is 0.306. The molecule has 0 radical (unpaired) electrons. The Bertz CT molecular complexity index is 1810. The zero-order valence-electron chi connectivity index (χ0n) is 23.2. The van der Waals surface area contributed by atoms with Crippen molar-refractivity contribution in [2.24, 2.45) is 0 Å². The maximum absolute atomic E-state index is 14.2. The summed E-state index contributed by atoms with van der Waals surface area (Å²) in [5, 5.41) is 3.76. The minimum atomic E-state index is -4.14. The van der Waals surface area contributed by atoms with Crippen molar-refractivity contribution >= 4 is 32.7 Å². The maximum atomic E-state index is 14.2. The fourth-order valence-electron chi connectivity index (χ4n) is 5.34. The fraction of sp³-hybridized carbons (Fsp3) is 0.152. The van der Waals surface area contributed by atoms with Crippen molar-refractivity contribution in [3.8, 4) is 0 Å². The SMILES string of the molecule is O=C(NC(c1ccccc1)c1ccccc1)C1CN(C(=O)c2ccccn2)CCN1S(=O)(=O)c1ccc2ncccc2c1. The standard InChI is InChI=1S/C33H29N5O4S/c39-32(36-31(24-10-3-1-4-11-24)25-12-5-2-6-13-25)30-23-37(33(40)29-15-7-8-18-35-29)20-21-38(30)43(41,42)27-16-17-28-26(22-27)14-9-19-34-28/h1-19,22,30-31H,20-21,23H2,(H,36,39). The van der Waals surface area contributed by atoms with Crippen LogP contribution in [0, 0.1) is 0 Å². The minimum Gasteiger partial charge on any atom is -0.344 e. The highest BCUT2D eigenvalue weighted by molar-refractivity contribution is 7.89. The molecule has 3 heterocycles. The molecular weight excluding hydrogens is 562 g/mol. The Balaban J connectivity index is 1.36. The van der Waals surface area contributed by atoms with Gasteiger partial charge in [-0.15, -0.1) is 0 Å². The Morgan fingerprint density at radius 3 is 2.12 bits per heavy atom. The first kappa shape index (κ1) is 28.2. The normalized spacial score (nSPS) is 15.8. The van der Waals surface area contributed by atoms with Gasteiger partial charge in [-0.2, -0.15) is 4.31 Å². The first-order chi connectivity index (χ1) is 20.9. The second-order valence-electron chi connectivity index (χ2n) is 10.2. The van der Waals surface area contributed by atoms with E-state index in [4.69, 9.17) is 0 Å². The molecule has 1 N–H and O–H groups in total. The Kier molecular flexibility index (Phi) is 7.95. The second kappa shape index (κ2) is 12.1. The highest BCUT2D eigenvalue weighted by Crippen LogP contribution is 2.27. The summed E-state index contributed by atoms with van der Waals surface area (Å²) in [6.07, 6.45) is 3.17. The molecule has 1 fully saturated rings. The van der Waals surface area contributed by atoms with E-state index < -0.39 is 28.0 Å². The third kappa shape index (κ3) is 5.88. The van der Waals surface area contributed by atoms with Crippen LogP contribution in [0.5, 0.6) is 0 Å². The van der Waals surface area contributed by atoms with Crippen LogP contribution in [0.15, 0.2) is 126 Å². The molecule has 5 aromatic rings. The summed E-state index contributed by atoms with van der Waals surface area (Å²) in [6, 6.07) is 30.5. The van der Waals surface area contributed by atoms with E-state index in [-0.39, 0.29) is 36.1 Å². The number of piperazine rings is 1. The monoisotopic (exact) mass is 591 g/mol. The number of benzene rings is 3. The van der Waals surface area contributed by atoms with Crippen molar-refractivity contribution in [2.45, 2.75) is 17.0 Å². The van der Waals surface area contributed by atoms with Gasteiger partial charge in [0.1, 0.15) is 11.7 Å². The van der Waals surface area contributed by atoms with Crippen molar-refractivity contribution < 1.29 is 18.0 Å². The van der Waals surface area contributed by atoms with E-state index in [1.54, 1.807) is 48.7 Å². The zero-order valence-corrected chi connectivity index (χ0v) is 24.0. The third-order valence-electron chi connectivity index (χ3n) is 7.54. The smallest absolute Gasteiger partial charge is 0.272 e. The lowest BCUT2D eigenvalue weighted by atomic mass is 9.98. The maximum Gasteiger partial charge on any atom is 0.272 e. The van der Waals surface area contributed by atoms with E-state index in [1.165, 1.54) is 21.5 Å². The number of hydrogen-bond donors (Lipinski definition) is 1. The highest BCUT2D eigenvalue weighted by Gasteiger charge is 2.42. The summed E-state index contributed by atoms with van der Waals surface area (Å²) >= 11 is 0. The minimum absolute atomic E-state index is 0.0537. The third-order valence-corrected chi connectivity index (χ3v) is 9.44. The number of pyridine rings is 2. The molecule has 0 bridgehead atoms. The topological polar surface area (TPSA) is 113 Å². The van der Waals surface area contributed by atoms with E-state index in [0.717, 1.165) is 11.1 Å². The molecule has 1 saturated heterocycles. The Labute approximate surface area is 249 Å². The van der Waals surface area contributed by atoms with Gasteiger partial charge in [0, 0.05) is 37.4 Å². The van der Waals surface area contributed by atoms with E-state index in [1.807, 2.05) is 60.7 Å². The fourth-order valence-corrected chi connectivity index (χ4v) is 6.95. The lowest BCUT2D eigenvalue weighted by Gasteiger charge is -2.40. The largest absolute Gasteiger partial charge is 0.344 e. The Morgan fingerprint density at radius 2 is 1.44 bits per heavy atom. The van der Waals surface area contributed by atoms with Gasteiger partial charge in [0.15, 0.2) is 0 Å². The summed E-state index contributed by atoms with van der Waals surface area (Å²) in [5.74, 6) is -0.878. The summed E-state index contributed by atoms with van der Waals surface area (Å²) in [5.41, 5.74) is 2.58. The van der Waals surface area contributed by atoms with E-state index in [2.05, 4.69) is 15.3 Å². The molecule has 2 amide bonds. The highest BCUT2D eigenvalue weighted by atomic mass is 32.2. The molecule has 0 saturated carbocycles. The average molecular weight is 592 g/mol. The van der Waals surface area contributed by atoms with Gasteiger partial charge in [-0.3, -0.25) is 19.6 Å². The summed E-state index contributed by atoms with van der Waals surface area (Å²) in [4.78, 5) is 37.5. The van der Waals surface area contributed by atoms with E-state index >= 15 is 0 Å². The van der Waals surface area contributed by atoms with Gasteiger partial charge < -0.3 is 10.2 Å². The van der Waals surface area contributed by atoms with Crippen molar-refractivity contribution in [2.75, 3.05) is 19.6 Å². The number of sulfonamides is 1. The second-order valence-corrected chi connectivity index (χ2v) is 12.1. The lowest BCUT2D eigenvalue weighted by molar-refractivity contribution is -0.126. The van der Waals surface area contributed by atoms with Gasteiger partial charge in [-0.05, 0) is 47.5 Å². The van der Waals surface area contributed by atoms with Gasteiger partial charge in [0.2, 0.25) is 15.9 Å². The molecular formula is C33H29N5O4S. The van der Waals surface area contributed by atoms with Gasteiger partial charge in [-0.1, -0.05) is 72.8 Å². The molecule has 2 aromatic heterocycles. The molecule has 3 aromatic carbocycles.